The topological polar surface area (TPSA) is 56.1 Å². The maximum absolute atomic E-state index is 12.4. The summed E-state index contributed by atoms with van der Waals surface area (Å²) in [5.74, 6) is 1.05. The van der Waals surface area contributed by atoms with E-state index in [4.69, 9.17) is 16.3 Å². The third-order valence-electron chi connectivity index (χ3n) is 3.63. The maximum atomic E-state index is 12.4. The zero-order valence-electron chi connectivity index (χ0n) is 14.0. The van der Waals surface area contributed by atoms with Crippen LogP contribution in [0.1, 0.15) is 21.6 Å². The van der Waals surface area contributed by atoms with Crippen LogP contribution >= 0.6 is 11.6 Å². The van der Waals surface area contributed by atoms with Crippen LogP contribution in [0.4, 0.5) is 5.82 Å². The number of halogens is 1. The van der Waals surface area contributed by atoms with Crippen LogP contribution in [0.25, 0.3) is 0 Å². The Morgan fingerprint density at radius 3 is 2.72 bits per heavy atom. The van der Waals surface area contributed by atoms with Crippen molar-refractivity contribution in [2.75, 3.05) is 5.32 Å². The lowest BCUT2D eigenvalue weighted by Crippen LogP contribution is -2.14. The first kappa shape index (κ1) is 17.0. The van der Waals surface area contributed by atoms with Crippen LogP contribution < -0.4 is 10.1 Å². The minimum Gasteiger partial charge on any atom is -0.489 e. The Morgan fingerprint density at radius 1 is 1.20 bits per heavy atom. The number of carbonyl (C=O) groups excluding carboxylic acids is 1. The van der Waals surface area contributed by atoms with Gasteiger partial charge in [-0.3, -0.25) is 9.48 Å². The first-order chi connectivity index (χ1) is 12.0. The van der Waals surface area contributed by atoms with Crippen molar-refractivity contribution in [3.05, 3.63) is 76.4 Å². The van der Waals surface area contributed by atoms with Crippen molar-refractivity contribution in [1.29, 1.82) is 0 Å². The summed E-state index contributed by atoms with van der Waals surface area (Å²) >= 11 is 5.97. The molecule has 0 bridgehead atoms. The van der Waals surface area contributed by atoms with Gasteiger partial charge in [-0.15, -0.1) is 0 Å². The minimum atomic E-state index is -0.212. The second-order valence-corrected chi connectivity index (χ2v) is 6.13. The molecular formula is C19H18ClN3O2. The molecule has 0 saturated carbocycles. The fourth-order valence-electron chi connectivity index (χ4n) is 2.44. The van der Waals surface area contributed by atoms with E-state index in [1.54, 1.807) is 29.9 Å². The number of amides is 1. The normalized spacial score (nSPS) is 10.5. The van der Waals surface area contributed by atoms with Crippen LogP contribution in [0.5, 0.6) is 5.75 Å². The quantitative estimate of drug-likeness (QED) is 0.745. The van der Waals surface area contributed by atoms with Gasteiger partial charge in [0.05, 0.1) is 5.69 Å². The first-order valence-electron chi connectivity index (χ1n) is 7.80. The molecule has 0 aliphatic heterocycles. The van der Waals surface area contributed by atoms with Crippen molar-refractivity contribution in [3.63, 3.8) is 0 Å². The molecule has 1 aromatic heterocycles. The van der Waals surface area contributed by atoms with Gasteiger partial charge >= 0.3 is 0 Å². The van der Waals surface area contributed by atoms with Crippen molar-refractivity contribution < 1.29 is 9.53 Å². The van der Waals surface area contributed by atoms with Crippen molar-refractivity contribution in [2.45, 2.75) is 13.5 Å². The van der Waals surface area contributed by atoms with Gasteiger partial charge in [0.2, 0.25) is 0 Å². The molecule has 3 rings (SSSR count). The lowest BCUT2D eigenvalue weighted by atomic mass is 10.2. The van der Waals surface area contributed by atoms with E-state index in [2.05, 4.69) is 10.4 Å². The summed E-state index contributed by atoms with van der Waals surface area (Å²) in [4.78, 5) is 12.4. The molecule has 1 heterocycles. The number of rotatable bonds is 5. The number of nitrogens with zero attached hydrogens (tertiary/aromatic N) is 2. The number of hydrogen-bond acceptors (Lipinski definition) is 3. The maximum Gasteiger partial charge on any atom is 0.256 e. The predicted octanol–water partition coefficient (Wildman–Crippen LogP) is 4.21. The van der Waals surface area contributed by atoms with Crippen LogP contribution in [0.15, 0.2) is 54.6 Å². The number of aromatic nitrogens is 2. The number of ether oxygens (including phenoxy) is 1. The highest BCUT2D eigenvalue weighted by Gasteiger charge is 2.10. The first-order valence-corrected chi connectivity index (χ1v) is 8.18. The van der Waals surface area contributed by atoms with E-state index >= 15 is 0 Å². The summed E-state index contributed by atoms with van der Waals surface area (Å²) in [6.07, 6.45) is 0. The monoisotopic (exact) mass is 355 g/mol. The summed E-state index contributed by atoms with van der Waals surface area (Å²) < 4.78 is 7.39. The highest BCUT2D eigenvalue weighted by molar-refractivity contribution is 6.30. The van der Waals surface area contributed by atoms with Crippen molar-refractivity contribution >= 4 is 23.3 Å². The molecule has 0 fully saturated rings. The second kappa shape index (κ2) is 7.40. The molecular weight excluding hydrogens is 338 g/mol. The summed E-state index contributed by atoms with van der Waals surface area (Å²) in [6, 6.07) is 16.4. The number of carbonyl (C=O) groups is 1. The summed E-state index contributed by atoms with van der Waals surface area (Å²) in [7, 11) is 1.78. The van der Waals surface area contributed by atoms with Crippen molar-refractivity contribution in [1.82, 2.24) is 9.78 Å². The van der Waals surface area contributed by atoms with E-state index in [9.17, 15) is 4.79 Å². The molecule has 1 N–H and O–H groups in total. The fraction of sp³-hybridized carbons (Fsp3) is 0.158. The zero-order chi connectivity index (χ0) is 17.8. The number of nitrogens with one attached hydrogen (secondary N) is 1. The molecule has 25 heavy (non-hydrogen) atoms. The van der Waals surface area contributed by atoms with Gasteiger partial charge in [-0.2, -0.15) is 5.10 Å². The van der Waals surface area contributed by atoms with Gasteiger partial charge in [-0.25, -0.2) is 0 Å². The molecule has 5 nitrogen and oxygen atoms in total. The lowest BCUT2D eigenvalue weighted by Gasteiger charge is -2.09. The Hall–Kier alpha value is -2.79. The lowest BCUT2D eigenvalue weighted by molar-refractivity contribution is 0.102. The van der Waals surface area contributed by atoms with Gasteiger partial charge in [0, 0.05) is 23.7 Å². The summed E-state index contributed by atoms with van der Waals surface area (Å²) in [6.45, 7) is 2.26. The molecule has 0 radical (unpaired) electrons. The minimum absolute atomic E-state index is 0.212. The molecule has 2 aromatic carbocycles. The van der Waals surface area contributed by atoms with E-state index in [1.165, 1.54) is 0 Å². The largest absolute Gasteiger partial charge is 0.489 e. The third-order valence-corrected chi connectivity index (χ3v) is 3.87. The Labute approximate surface area is 151 Å². The molecule has 0 aliphatic carbocycles. The molecule has 0 saturated heterocycles. The molecule has 0 unspecified atom stereocenters. The van der Waals surface area contributed by atoms with Gasteiger partial charge in [-0.1, -0.05) is 29.8 Å². The molecule has 3 aromatic rings. The van der Waals surface area contributed by atoms with Gasteiger partial charge in [0.25, 0.3) is 5.91 Å². The Kier molecular flexibility index (Phi) is 5.05. The van der Waals surface area contributed by atoms with Gasteiger partial charge in [0.15, 0.2) is 0 Å². The number of anilines is 1. The van der Waals surface area contributed by atoms with Crippen LogP contribution in [-0.2, 0) is 13.7 Å². The number of benzene rings is 2. The molecule has 0 atom stereocenters. The highest BCUT2D eigenvalue weighted by atomic mass is 35.5. The molecule has 0 aliphatic rings. The van der Waals surface area contributed by atoms with Gasteiger partial charge in [0.1, 0.15) is 18.2 Å². The number of hydrogen-bond donors (Lipinski definition) is 1. The fourth-order valence-corrected chi connectivity index (χ4v) is 2.65. The number of aryl methyl sites for hydroxylation is 2. The third kappa shape index (κ3) is 4.39. The van der Waals surface area contributed by atoms with E-state index in [1.807, 2.05) is 43.3 Å². The zero-order valence-corrected chi connectivity index (χ0v) is 14.7. The Balaban J connectivity index is 1.68. The average Bonchev–Trinajstić information content (AvgIpc) is 2.90. The van der Waals surface area contributed by atoms with Crippen molar-refractivity contribution in [2.24, 2.45) is 7.05 Å². The molecule has 0 spiro atoms. The van der Waals surface area contributed by atoms with E-state index in [-0.39, 0.29) is 5.91 Å². The van der Waals surface area contributed by atoms with Gasteiger partial charge < -0.3 is 10.1 Å². The van der Waals surface area contributed by atoms with Crippen LogP contribution in [0.2, 0.25) is 5.02 Å². The molecule has 1 amide bonds. The van der Waals surface area contributed by atoms with E-state index in [0.29, 0.717) is 28.8 Å². The van der Waals surface area contributed by atoms with Crippen LogP contribution in [0, 0.1) is 6.92 Å². The van der Waals surface area contributed by atoms with Crippen LogP contribution in [0.3, 0.4) is 0 Å². The van der Waals surface area contributed by atoms with E-state index < -0.39 is 0 Å². The van der Waals surface area contributed by atoms with E-state index in [0.717, 1.165) is 11.3 Å². The summed E-state index contributed by atoms with van der Waals surface area (Å²) in [5.41, 5.74) is 2.33. The van der Waals surface area contributed by atoms with Gasteiger partial charge in [-0.05, 0) is 42.8 Å². The predicted molar refractivity (Wildman–Crippen MR) is 98.1 cm³/mol. The Morgan fingerprint density at radius 2 is 2.00 bits per heavy atom. The Bertz CT molecular complexity index is 905. The van der Waals surface area contributed by atoms with Crippen molar-refractivity contribution in [3.8, 4) is 5.75 Å². The molecule has 128 valence electrons. The average molecular weight is 356 g/mol. The summed E-state index contributed by atoms with van der Waals surface area (Å²) in [5, 5.41) is 7.72. The SMILES string of the molecule is Cc1cc(NC(=O)c2cccc(OCc3cccc(Cl)c3)c2)n(C)n1. The smallest absolute Gasteiger partial charge is 0.256 e. The standard InChI is InChI=1S/C19H18ClN3O2/c1-13-9-18(23(2)22-13)21-19(24)15-6-4-8-17(11-15)25-12-14-5-3-7-16(20)10-14/h3-11H,12H2,1-2H3,(H,21,24). The highest BCUT2D eigenvalue weighted by Crippen LogP contribution is 2.18. The second-order valence-electron chi connectivity index (χ2n) is 5.70. The molecule has 6 heteroatoms. The van der Waals surface area contributed by atoms with Crippen LogP contribution in [-0.4, -0.2) is 15.7 Å².